The van der Waals surface area contributed by atoms with Gasteiger partial charge in [0.1, 0.15) is 22.8 Å². The molecular formula is C19H22ClN3O4. The van der Waals surface area contributed by atoms with Crippen molar-refractivity contribution in [3.05, 3.63) is 53.1 Å². The predicted octanol–water partition coefficient (Wildman–Crippen LogP) is 3.20. The summed E-state index contributed by atoms with van der Waals surface area (Å²) in [6.45, 7) is 3.44. The molecule has 0 saturated heterocycles. The van der Waals surface area contributed by atoms with Gasteiger partial charge in [0, 0.05) is 12.6 Å². The predicted molar refractivity (Wildman–Crippen MR) is 103 cm³/mol. The van der Waals surface area contributed by atoms with Gasteiger partial charge in [0.25, 0.3) is 0 Å². The molecule has 0 aliphatic heterocycles. The number of carbonyl (C=O) groups excluding carboxylic acids is 2. The van der Waals surface area contributed by atoms with E-state index >= 15 is 0 Å². The zero-order valence-electron chi connectivity index (χ0n) is 15.3. The zero-order chi connectivity index (χ0) is 20.0. The first kappa shape index (κ1) is 20.4. The average molecular weight is 392 g/mol. The third-order valence-electron chi connectivity index (χ3n) is 3.75. The molecule has 0 aliphatic carbocycles. The Balaban J connectivity index is 1.95. The molecule has 0 unspecified atom stereocenters. The number of methoxy groups -OCH3 is 1. The Labute approximate surface area is 162 Å². The largest absolute Gasteiger partial charge is 0.497 e. The first-order chi connectivity index (χ1) is 12.7. The van der Waals surface area contributed by atoms with Gasteiger partial charge in [0.2, 0.25) is 5.91 Å². The number of urea groups is 1. The lowest BCUT2D eigenvalue weighted by atomic mass is 10.0. The van der Waals surface area contributed by atoms with E-state index in [-0.39, 0.29) is 5.91 Å². The van der Waals surface area contributed by atoms with E-state index in [0.29, 0.717) is 28.8 Å². The van der Waals surface area contributed by atoms with Crippen LogP contribution in [0.4, 0.5) is 4.79 Å². The minimum absolute atomic E-state index is 0.298. The molecule has 144 valence electrons. The number of hydrogen-bond acceptors (Lipinski definition) is 4. The molecule has 0 spiro atoms. The number of nitrogens with one attached hydrogen (secondary N) is 2. The summed E-state index contributed by atoms with van der Waals surface area (Å²) < 4.78 is 10.9. The second-order valence-electron chi connectivity index (χ2n) is 6.34. The van der Waals surface area contributed by atoms with Crippen LogP contribution in [-0.4, -0.2) is 24.6 Å². The van der Waals surface area contributed by atoms with E-state index in [9.17, 15) is 9.59 Å². The molecule has 0 saturated carbocycles. The molecule has 0 fully saturated rings. The molecule has 0 heterocycles. The van der Waals surface area contributed by atoms with Crippen molar-refractivity contribution in [2.24, 2.45) is 5.73 Å². The maximum atomic E-state index is 12.1. The first-order valence-electron chi connectivity index (χ1n) is 8.17. The molecule has 2 aromatic carbocycles. The zero-order valence-corrected chi connectivity index (χ0v) is 16.1. The molecule has 2 rings (SSSR count). The quantitative estimate of drug-likeness (QED) is 0.674. The van der Waals surface area contributed by atoms with Crippen molar-refractivity contribution < 1.29 is 19.1 Å². The highest BCUT2D eigenvalue weighted by atomic mass is 35.5. The van der Waals surface area contributed by atoms with Crippen LogP contribution in [0.1, 0.15) is 19.4 Å². The van der Waals surface area contributed by atoms with E-state index in [0.717, 1.165) is 5.56 Å². The summed E-state index contributed by atoms with van der Waals surface area (Å²) in [5.41, 5.74) is 4.84. The van der Waals surface area contributed by atoms with E-state index in [1.54, 1.807) is 51.3 Å². The number of amides is 3. The fourth-order valence-electron chi connectivity index (χ4n) is 2.26. The molecule has 7 nitrogen and oxygen atoms in total. The molecular weight excluding hydrogens is 370 g/mol. The van der Waals surface area contributed by atoms with Crippen LogP contribution in [-0.2, 0) is 11.3 Å². The van der Waals surface area contributed by atoms with Crippen LogP contribution in [0.3, 0.4) is 0 Å². The minimum Gasteiger partial charge on any atom is -0.497 e. The smallest absolute Gasteiger partial charge is 0.313 e. The van der Waals surface area contributed by atoms with Crippen molar-refractivity contribution in [2.45, 2.75) is 25.9 Å². The number of ether oxygens (including phenoxy) is 2. The number of carbonyl (C=O) groups is 2. The van der Waals surface area contributed by atoms with Crippen LogP contribution >= 0.6 is 11.6 Å². The van der Waals surface area contributed by atoms with E-state index in [2.05, 4.69) is 10.6 Å². The van der Waals surface area contributed by atoms with Crippen LogP contribution < -0.4 is 25.8 Å². The molecule has 0 aliphatic rings. The Bertz CT molecular complexity index is 822. The van der Waals surface area contributed by atoms with Crippen LogP contribution in [0.2, 0.25) is 5.02 Å². The lowest BCUT2D eigenvalue weighted by Crippen LogP contribution is -2.55. The molecule has 0 aromatic heterocycles. The van der Waals surface area contributed by atoms with Gasteiger partial charge in [0.05, 0.1) is 12.1 Å². The standard InChI is InChI=1S/C19H22ClN3O4/c1-19(2,23-18(21)25)17(24)22-11-12-4-6-13(7-5-12)27-16-9-8-14(26-3)10-15(16)20/h4-10H,11H2,1-3H3,(H,22,24)(H3,21,23,25). The maximum Gasteiger partial charge on any atom is 0.313 e. The number of primary amides is 1. The van der Waals surface area contributed by atoms with Crippen LogP contribution in [0, 0.1) is 0 Å². The third kappa shape index (κ3) is 5.79. The molecule has 27 heavy (non-hydrogen) atoms. The fourth-order valence-corrected chi connectivity index (χ4v) is 2.47. The Kier molecular flexibility index (Phi) is 6.52. The summed E-state index contributed by atoms with van der Waals surface area (Å²) in [5, 5.41) is 5.58. The second kappa shape index (κ2) is 8.64. The molecule has 0 radical (unpaired) electrons. The molecule has 8 heteroatoms. The molecule has 2 aromatic rings. The monoisotopic (exact) mass is 391 g/mol. The lowest BCUT2D eigenvalue weighted by molar-refractivity contribution is -0.126. The highest BCUT2D eigenvalue weighted by molar-refractivity contribution is 6.32. The van der Waals surface area contributed by atoms with Gasteiger partial charge in [-0.2, -0.15) is 0 Å². The van der Waals surface area contributed by atoms with Crippen molar-refractivity contribution in [2.75, 3.05) is 7.11 Å². The van der Waals surface area contributed by atoms with Crippen molar-refractivity contribution in [3.63, 3.8) is 0 Å². The second-order valence-corrected chi connectivity index (χ2v) is 6.75. The molecule has 0 bridgehead atoms. The van der Waals surface area contributed by atoms with Gasteiger partial charge in [0.15, 0.2) is 0 Å². The molecule has 0 atom stereocenters. The Morgan fingerprint density at radius 1 is 1.11 bits per heavy atom. The number of nitrogens with two attached hydrogens (primary N) is 1. The topological polar surface area (TPSA) is 103 Å². The summed E-state index contributed by atoms with van der Waals surface area (Å²) in [6, 6.07) is 11.6. The van der Waals surface area contributed by atoms with Crippen molar-refractivity contribution in [1.82, 2.24) is 10.6 Å². The van der Waals surface area contributed by atoms with E-state index in [1.807, 2.05) is 12.1 Å². The highest BCUT2D eigenvalue weighted by Gasteiger charge is 2.28. The van der Waals surface area contributed by atoms with Gasteiger partial charge in [-0.05, 0) is 43.7 Å². The van der Waals surface area contributed by atoms with Gasteiger partial charge < -0.3 is 25.8 Å². The summed E-state index contributed by atoms with van der Waals surface area (Å²) >= 11 is 6.16. The highest BCUT2D eigenvalue weighted by Crippen LogP contribution is 2.32. The van der Waals surface area contributed by atoms with Crippen LogP contribution in [0.15, 0.2) is 42.5 Å². The number of halogens is 1. The normalized spacial score (nSPS) is 10.8. The fraction of sp³-hybridized carbons (Fsp3) is 0.263. The van der Waals surface area contributed by atoms with Crippen LogP contribution in [0.25, 0.3) is 0 Å². The third-order valence-corrected chi connectivity index (χ3v) is 4.04. The summed E-state index contributed by atoms with van der Waals surface area (Å²) in [4.78, 5) is 23.1. The number of benzene rings is 2. The summed E-state index contributed by atoms with van der Waals surface area (Å²) in [5.74, 6) is 1.42. The van der Waals surface area contributed by atoms with Gasteiger partial charge in [-0.15, -0.1) is 0 Å². The summed E-state index contributed by atoms with van der Waals surface area (Å²) in [7, 11) is 1.56. The number of rotatable bonds is 7. The average Bonchev–Trinajstić information content (AvgIpc) is 2.61. The maximum absolute atomic E-state index is 12.1. The molecule has 4 N–H and O–H groups in total. The van der Waals surface area contributed by atoms with Crippen molar-refractivity contribution in [3.8, 4) is 17.2 Å². The Morgan fingerprint density at radius 2 is 1.74 bits per heavy atom. The van der Waals surface area contributed by atoms with Gasteiger partial charge >= 0.3 is 6.03 Å². The number of hydrogen-bond donors (Lipinski definition) is 3. The SMILES string of the molecule is COc1ccc(Oc2ccc(CNC(=O)C(C)(C)NC(N)=O)cc2)c(Cl)c1. The summed E-state index contributed by atoms with van der Waals surface area (Å²) in [6.07, 6.45) is 0. The minimum atomic E-state index is -1.10. The van der Waals surface area contributed by atoms with Gasteiger partial charge in [-0.25, -0.2) is 4.79 Å². The van der Waals surface area contributed by atoms with E-state index in [4.69, 9.17) is 26.8 Å². The van der Waals surface area contributed by atoms with Gasteiger partial charge in [-0.3, -0.25) is 4.79 Å². The Morgan fingerprint density at radius 3 is 2.30 bits per heavy atom. The van der Waals surface area contributed by atoms with Crippen molar-refractivity contribution >= 4 is 23.5 Å². The van der Waals surface area contributed by atoms with E-state index < -0.39 is 11.6 Å². The first-order valence-corrected chi connectivity index (χ1v) is 8.55. The van der Waals surface area contributed by atoms with Crippen LogP contribution in [0.5, 0.6) is 17.2 Å². The molecule has 3 amide bonds. The van der Waals surface area contributed by atoms with Crippen molar-refractivity contribution in [1.29, 1.82) is 0 Å². The van der Waals surface area contributed by atoms with Gasteiger partial charge in [-0.1, -0.05) is 23.7 Å². The van der Waals surface area contributed by atoms with E-state index in [1.165, 1.54) is 0 Å². The Hall–Kier alpha value is -2.93. The lowest BCUT2D eigenvalue weighted by Gasteiger charge is -2.24.